The number of amides is 1. The molecule has 7 atom stereocenters. The van der Waals surface area contributed by atoms with Gasteiger partial charge in [0.05, 0.1) is 32.0 Å². The molecule has 1 aliphatic rings. The molecule has 1 saturated heterocycles. The van der Waals surface area contributed by atoms with Crippen molar-refractivity contribution in [2.75, 3.05) is 19.8 Å². The number of carbonyl (C=O) groups excluding carboxylic acids is 2. The number of ether oxygens (including phenoxy) is 3. The van der Waals surface area contributed by atoms with Crippen LogP contribution in [-0.2, 0) is 23.8 Å². The Morgan fingerprint density at radius 3 is 1.50 bits per heavy atom. The van der Waals surface area contributed by atoms with E-state index in [0.717, 1.165) is 77.0 Å². The molecular formula is C59H105NO10. The number of hydrogen-bond acceptors (Lipinski definition) is 10. The van der Waals surface area contributed by atoms with Gasteiger partial charge >= 0.3 is 5.97 Å². The summed E-state index contributed by atoms with van der Waals surface area (Å²) in [4.78, 5) is 25.0. The number of aliphatic hydroxyl groups is 5. The second-order valence-electron chi connectivity index (χ2n) is 19.6. The maximum atomic E-state index is 13.0. The van der Waals surface area contributed by atoms with Crippen LogP contribution < -0.4 is 5.32 Å². The van der Waals surface area contributed by atoms with E-state index >= 15 is 0 Å². The predicted octanol–water partition coefficient (Wildman–Crippen LogP) is 12.7. The molecule has 0 aromatic rings. The van der Waals surface area contributed by atoms with Crippen LogP contribution in [0.3, 0.4) is 0 Å². The van der Waals surface area contributed by atoms with Gasteiger partial charge in [0, 0.05) is 12.8 Å². The molecule has 406 valence electrons. The fourth-order valence-electron chi connectivity index (χ4n) is 8.57. The largest absolute Gasteiger partial charge is 0.466 e. The van der Waals surface area contributed by atoms with Crippen molar-refractivity contribution in [1.29, 1.82) is 0 Å². The van der Waals surface area contributed by atoms with E-state index in [4.69, 9.17) is 14.2 Å². The molecular weight excluding hydrogens is 883 g/mol. The molecule has 11 nitrogen and oxygen atoms in total. The molecule has 1 amide bonds. The van der Waals surface area contributed by atoms with Gasteiger partial charge in [-0.2, -0.15) is 0 Å². The monoisotopic (exact) mass is 988 g/mol. The summed E-state index contributed by atoms with van der Waals surface area (Å²) in [6.45, 7) is 4.03. The Morgan fingerprint density at radius 1 is 0.543 bits per heavy atom. The van der Waals surface area contributed by atoms with Crippen LogP contribution >= 0.6 is 0 Å². The zero-order chi connectivity index (χ0) is 51.0. The highest BCUT2D eigenvalue weighted by Gasteiger charge is 2.44. The van der Waals surface area contributed by atoms with Gasteiger partial charge in [-0.1, -0.05) is 190 Å². The zero-order valence-electron chi connectivity index (χ0n) is 44.5. The summed E-state index contributed by atoms with van der Waals surface area (Å²) in [6, 6.07) is -0.839. The van der Waals surface area contributed by atoms with Gasteiger partial charge in [0.1, 0.15) is 24.4 Å². The lowest BCUT2D eigenvalue weighted by Crippen LogP contribution is -2.60. The Bertz CT molecular complexity index is 1350. The fraction of sp³-hybridized carbons (Fsp3) is 0.797. The van der Waals surface area contributed by atoms with Crippen LogP contribution in [0.4, 0.5) is 0 Å². The molecule has 0 aromatic carbocycles. The van der Waals surface area contributed by atoms with Gasteiger partial charge in [0.25, 0.3) is 0 Å². The van der Waals surface area contributed by atoms with Crippen molar-refractivity contribution in [3.63, 3.8) is 0 Å². The van der Waals surface area contributed by atoms with Gasteiger partial charge in [0.15, 0.2) is 6.29 Å². The third-order valence-electron chi connectivity index (χ3n) is 13.1. The maximum absolute atomic E-state index is 13.0. The lowest BCUT2D eigenvalue weighted by Gasteiger charge is -2.40. The van der Waals surface area contributed by atoms with E-state index < -0.39 is 49.5 Å². The van der Waals surface area contributed by atoms with Gasteiger partial charge in [-0.3, -0.25) is 9.59 Å². The standard InChI is InChI=1S/C59H105NO10/c1-3-5-7-9-11-13-26-31-35-39-43-47-55(64)68-48-44-40-36-32-28-25-23-21-19-17-15-14-16-18-20-22-24-27-30-34-38-42-46-54(63)60-51(52(62)45-41-37-33-29-12-10-8-6-4-2)50-69-59-58(67)57(66)56(65)53(49-61)70-59/h4,6,9,11-12,16,18,29,41,45,51-53,56-59,61-62,65-67H,3,5,7-8,10,13-15,17,19-28,30-40,42-44,46-50H2,1-2H3,(H,60,63)/b6-4+,11-9-,18-16-,29-12+,45-41+. The lowest BCUT2D eigenvalue weighted by atomic mass is 9.99. The fourth-order valence-corrected chi connectivity index (χ4v) is 8.57. The highest BCUT2D eigenvalue weighted by atomic mass is 16.7. The summed E-state index contributed by atoms with van der Waals surface area (Å²) < 4.78 is 16.6. The van der Waals surface area contributed by atoms with Crippen molar-refractivity contribution in [1.82, 2.24) is 5.32 Å². The van der Waals surface area contributed by atoms with Crippen LogP contribution in [-0.4, -0.2) is 100 Å². The summed E-state index contributed by atoms with van der Waals surface area (Å²) >= 11 is 0. The predicted molar refractivity (Wildman–Crippen MR) is 287 cm³/mol. The lowest BCUT2D eigenvalue weighted by molar-refractivity contribution is -0.302. The summed E-state index contributed by atoms with van der Waals surface area (Å²) in [7, 11) is 0. The number of unbranched alkanes of at least 4 members (excludes halogenated alkanes) is 27. The topological polar surface area (TPSA) is 175 Å². The Hall–Kier alpha value is -2.64. The molecule has 11 heteroatoms. The minimum atomic E-state index is -1.58. The molecule has 0 radical (unpaired) electrons. The van der Waals surface area contributed by atoms with Crippen LogP contribution in [0, 0.1) is 0 Å². The van der Waals surface area contributed by atoms with E-state index in [9.17, 15) is 35.1 Å². The van der Waals surface area contributed by atoms with Gasteiger partial charge < -0.3 is 45.1 Å². The van der Waals surface area contributed by atoms with Crippen molar-refractivity contribution >= 4 is 11.9 Å². The van der Waals surface area contributed by atoms with Crippen LogP contribution in [0.25, 0.3) is 0 Å². The molecule has 1 aliphatic heterocycles. The number of esters is 1. The average molecular weight is 988 g/mol. The Balaban J connectivity index is 2.04. The minimum absolute atomic E-state index is 0.0155. The molecule has 0 spiro atoms. The molecule has 0 bridgehead atoms. The van der Waals surface area contributed by atoms with E-state index in [1.807, 2.05) is 19.1 Å². The Labute approximate surface area is 427 Å². The number of hydrogen-bond donors (Lipinski definition) is 6. The van der Waals surface area contributed by atoms with E-state index in [2.05, 4.69) is 54.8 Å². The summed E-state index contributed by atoms with van der Waals surface area (Å²) in [5.74, 6) is -0.224. The summed E-state index contributed by atoms with van der Waals surface area (Å²) in [5.41, 5.74) is 0. The van der Waals surface area contributed by atoms with Crippen molar-refractivity contribution in [2.24, 2.45) is 0 Å². The summed E-state index contributed by atoms with van der Waals surface area (Å²) in [6.07, 6.45) is 52.0. The molecule has 6 N–H and O–H groups in total. The van der Waals surface area contributed by atoms with E-state index in [-0.39, 0.29) is 18.5 Å². The molecule has 1 rings (SSSR count). The first-order chi connectivity index (χ1) is 34.2. The first-order valence-corrected chi connectivity index (χ1v) is 28.5. The average Bonchev–Trinajstić information content (AvgIpc) is 3.36. The van der Waals surface area contributed by atoms with Crippen LogP contribution in [0.2, 0.25) is 0 Å². The SMILES string of the molecule is C/C=C/CC/C=C/CC/C=C/C(O)C(COC1OC(CO)C(O)C(O)C1O)NC(=O)CCCCCCCCC/C=C\CCCCCCCCCCCCCOC(=O)CCCCCCC/C=C\CCCC. The number of allylic oxidation sites excluding steroid dienone is 9. The maximum Gasteiger partial charge on any atom is 0.305 e. The quantitative estimate of drug-likeness (QED) is 0.0196. The number of aliphatic hydroxyl groups excluding tert-OH is 5. The Kier molecular flexibility index (Phi) is 45.4. The van der Waals surface area contributed by atoms with Crippen LogP contribution in [0.1, 0.15) is 239 Å². The minimum Gasteiger partial charge on any atom is -0.466 e. The number of carbonyl (C=O) groups is 2. The molecule has 0 aliphatic carbocycles. The van der Waals surface area contributed by atoms with Crippen LogP contribution in [0.5, 0.6) is 0 Å². The first-order valence-electron chi connectivity index (χ1n) is 28.5. The molecule has 0 aromatic heterocycles. The smallest absolute Gasteiger partial charge is 0.305 e. The van der Waals surface area contributed by atoms with Gasteiger partial charge in [-0.05, 0) is 96.8 Å². The molecule has 1 fully saturated rings. The second-order valence-corrected chi connectivity index (χ2v) is 19.6. The Morgan fingerprint density at radius 2 is 0.986 bits per heavy atom. The zero-order valence-corrected chi connectivity index (χ0v) is 44.5. The van der Waals surface area contributed by atoms with Crippen molar-refractivity contribution in [3.8, 4) is 0 Å². The van der Waals surface area contributed by atoms with E-state index in [0.29, 0.717) is 25.9 Å². The number of nitrogens with one attached hydrogen (secondary N) is 1. The normalized spacial score (nSPS) is 19.7. The third-order valence-corrected chi connectivity index (χ3v) is 13.1. The highest BCUT2D eigenvalue weighted by molar-refractivity contribution is 5.76. The molecule has 0 saturated carbocycles. The van der Waals surface area contributed by atoms with E-state index in [1.165, 1.54) is 128 Å². The van der Waals surface area contributed by atoms with Crippen molar-refractivity contribution < 1.29 is 49.3 Å². The highest BCUT2D eigenvalue weighted by Crippen LogP contribution is 2.23. The van der Waals surface area contributed by atoms with Gasteiger partial charge in [-0.15, -0.1) is 0 Å². The molecule has 1 heterocycles. The van der Waals surface area contributed by atoms with E-state index in [1.54, 1.807) is 6.08 Å². The molecule has 70 heavy (non-hydrogen) atoms. The molecule has 7 unspecified atom stereocenters. The van der Waals surface area contributed by atoms with Crippen molar-refractivity contribution in [3.05, 3.63) is 60.8 Å². The van der Waals surface area contributed by atoms with Crippen molar-refractivity contribution in [2.45, 2.75) is 281 Å². The van der Waals surface area contributed by atoms with Crippen LogP contribution in [0.15, 0.2) is 60.8 Å². The second kappa shape index (κ2) is 48.6. The van der Waals surface area contributed by atoms with Gasteiger partial charge in [0.2, 0.25) is 5.91 Å². The first kappa shape index (κ1) is 65.4. The van der Waals surface area contributed by atoms with Gasteiger partial charge in [-0.25, -0.2) is 0 Å². The third kappa shape index (κ3) is 38.0. The number of rotatable bonds is 48. The summed E-state index contributed by atoms with van der Waals surface area (Å²) in [5, 5.41) is 54.1.